The van der Waals surface area contributed by atoms with Crippen LogP contribution in [0.4, 0.5) is 0 Å². The molecule has 8 nitrogen and oxygen atoms in total. The van der Waals surface area contributed by atoms with Crippen LogP contribution < -0.4 is 5.69 Å². The highest BCUT2D eigenvalue weighted by Crippen LogP contribution is 2.32. The van der Waals surface area contributed by atoms with E-state index < -0.39 is 0 Å². The van der Waals surface area contributed by atoms with E-state index in [1.54, 1.807) is 15.6 Å². The molecule has 0 radical (unpaired) electrons. The maximum absolute atomic E-state index is 12.9. The average molecular weight is 356 g/mol. The van der Waals surface area contributed by atoms with Crippen molar-refractivity contribution in [1.29, 1.82) is 0 Å². The third-order valence-electron chi connectivity index (χ3n) is 5.96. The third-order valence-corrected chi connectivity index (χ3v) is 5.96. The molecule has 0 aromatic carbocycles. The number of aromatic nitrogens is 5. The average Bonchev–Trinajstić information content (AvgIpc) is 3.05. The Balaban J connectivity index is 1.33. The van der Waals surface area contributed by atoms with Crippen molar-refractivity contribution >= 4 is 5.91 Å². The first-order valence-electron chi connectivity index (χ1n) is 9.64. The molecule has 1 saturated carbocycles. The smallest absolute Gasteiger partial charge is 0.334 e. The zero-order valence-corrected chi connectivity index (χ0v) is 14.8. The molecule has 2 aromatic rings. The third kappa shape index (κ3) is 2.77. The van der Waals surface area contributed by atoms with Crippen LogP contribution in [0.2, 0.25) is 0 Å². The van der Waals surface area contributed by atoms with Crippen LogP contribution in [0.1, 0.15) is 37.9 Å². The predicted molar refractivity (Wildman–Crippen MR) is 93.4 cm³/mol. The van der Waals surface area contributed by atoms with Crippen LogP contribution in [-0.4, -0.2) is 47.0 Å². The summed E-state index contributed by atoms with van der Waals surface area (Å²) in [5.41, 5.74) is 0.00314. The Bertz CT molecular complexity index is 863. The van der Waals surface area contributed by atoms with E-state index in [0.717, 1.165) is 25.2 Å². The van der Waals surface area contributed by atoms with Gasteiger partial charge >= 0.3 is 5.69 Å². The van der Waals surface area contributed by atoms with Crippen molar-refractivity contribution in [2.24, 2.45) is 5.92 Å². The minimum Gasteiger partial charge on any atom is -0.334 e. The Hall–Kier alpha value is -2.38. The van der Waals surface area contributed by atoms with Gasteiger partial charge in [-0.15, -0.1) is 0 Å². The summed E-state index contributed by atoms with van der Waals surface area (Å²) in [5, 5.41) is 8.77. The van der Waals surface area contributed by atoms with Crippen molar-refractivity contribution in [3.8, 4) is 0 Å². The van der Waals surface area contributed by atoms with Crippen LogP contribution in [0.3, 0.4) is 0 Å². The number of fused-ring (bicyclic) bond motifs is 3. The van der Waals surface area contributed by atoms with Crippen molar-refractivity contribution in [3.63, 3.8) is 0 Å². The number of rotatable bonds is 5. The number of carbonyl (C=O) groups excluding carboxylic acids is 1. The molecule has 0 N–H and O–H groups in total. The largest absolute Gasteiger partial charge is 0.345 e. The van der Waals surface area contributed by atoms with Gasteiger partial charge in [0.2, 0.25) is 5.91 Å². The van der Waals surface area contributed by atoms with Crippen LogP contribution in [-0.2, 0) is 30.8 Å². The van der Waals surface area contributed by atoms with E-state index in [9.17, 15) is 9.59 Å². The van der Waals surface area contributed by atoms with E-state index in [1.165, 1.54) is 12.8 Å². The highest BCUT2D eigenvalue weighted by molar-refractivity contribution is 5.77. The first-order chi connectivity index (χ1) is 12.7. The van der Waals surface area contributed by atoms with Gasteiger partial charge in [0.25, 0.3) is 0 Å². The Morgan fingerprint density at radius 1 is 1.19 bits per heavy atom. The second-order valence-electron chi connectivity index (χ2n) is 7.84. The first kappa shape index (κ1) is 15.8. The van der Waals surface area contributed by atoms with Gasteiger partial charge in [-0.05, 0) is 37.7 Å². The summed E-state index contributed by atoms with van der Waals surface area (Å²) >= 11 is 0. The van der Waals surface area contributed by atoms with E-state index in [4.69, 9.17) is 0 Å². The molecule has 5 rings (SSSR count). The van der Waals surface area contributed by atoms with Crippen LogP contribution in [0.5, 0.6) is 0 Å². The number of amides is 1. The lowest BCUT2D eigenvalue weighted by Gasteiger charge is -2.28. The molecule has 2 aliphatic heterocycles. The Morgan fingerprint density at radius 3 is 2.81 bits per heavy atom. The summed E-state index contributed by atoms with van der Waals surface area (Å²) in [7, 11) is 0. The fourth-order valence-electron chi connectivity index (χ4n) is 4.43. The normalized spacial score (nSPS) is 24.5. The van der Waals surface area contributed by atoms with Crippen LogP contribution in [0, 0.1) is 5.92 Å². The van der Waals surface area contributed by atoms with Crippen molar-refractivity contribution in [1.82, 2.24) is 29.0 Å². The van der Waals surface area contributed by atoms with E-state index in [1.807, 2.05) is 21.7 Å². The number of nitrogens with zero attached hydrogens (tertiary/aromatic N) is 6. The topological polar surface area (TPSA) is 78.0 Å². The van der Waals surface area contributed by atoms with Crippen LogP contribution in [0.25, 0.3) is 0 Å². The number of hydrogen-bond acceptors (Lipinski definition) is 4. The molecule has 0 spiro atoms. The van der Waals surface area contributed by atoms with Gasteiger partial charge in [-0.3, -0.25) is 14.0 Å². The highest BCUT2D eigenvalue weighted by atomic mass is 16.2. The molecule has 2 unspecified atom stereocenters. The molecule has 1 saturated heterocycles. The van der Waals surface area contributed by atoms with Crippen molar-refractivity contribution in [2.75, 3.05) is 0 Å². The van der Waals surface area contributed by atoms with E-state index in [2.05, 4.69) is 10.2 Å². The van der Waals surface area contributed by atoms with Gasteiger partial charge in [-0.2, -0.15) is 10.2 Å². The molecular weight excluding hydrogens is 332 g/mol. The standard InChI is InChI=1S/C18H24N6O2/c25-17(6-9-21-8-1-7-19-21)24-14-4-5-15(24)12-22-16(10-14)20-23(18(22)26)11-13-2-3-13/h1,7-8,13-15H,2-6,9-12H2. The van der Waals surface area contributed by atoms with E-state index in [-0.39, 0.29) is 23.7 Å². The van der Waals surface area contributed by atoms with Gasteiger partial charge in [0.1, 0.15) is 5.82 Å². The lowest BCUT2D eigenvalue weighted by atomic mass is 10.1. The van der Waals surface area contributed by atoms with Gasteiger partial charge < -0.3 is 4.90 Å². The van der Waals surface area contributed by atoms with Gasteiger partial charge in [0, 0.05) is 50.9 Å². The van der Waals surface area contributed by atoms with Crippen LogP contribution in [0.15, 0.2) is 23.3 Å². The minimum atomic E-state index is 0.00314. The van der Waals surface area contributed by atoms with E-state index in [0.29, 0.717) is 31.8 Å². The van der Waals surface area contributed by atoms with Gasteiger partial charge in [0.15, 0.2) is 0 Å². The molecule has 138 valence electrons. The lowest BCUT2D eigenvalue weighted by Crippen LogP contribution is -2.43. The molecule has 2 fully saturated rings. The van der Waals surface area contributed by atoms with E-state index >= 15 is 0 Å². The summed E-state index contributed by atoms with van der Waals surface area (Å²) < 4.78 is 5.26. The van der Waals surface area contributed by atoms with Gasteiger partial charge in [-0.1, -0.05) is 0 Å². The monoisotopic (exact) mass is 356 g/mol. The van der Waals surface area contributed by atoms with Gasteiger partial charge in [-0.25, -0.2) is 9.48 Å². The SMILES string of the molecule is O=C(CCn1cccn1)N1C2CCC1Cn1c(nn(CC3CC3)c1=O)C2. The number of aryl methyl sites for hydroxylation is 1. The molecule has 1 amide bonds. The molecule has 4 heterocycles. The summed E-state index contributed by atoms with van der Waals surface area (Å²) in [5.74, 6) is 1.65. The van der Waals surface area contributed by atoms with Gasteiger partial charge in [0.05, 0.1) is 6.04 Å². The maximum atomic E-state index is 12.9. The molecular formula is C18H24N6O2. The summed E-state index contributed by atoms with van der Waals surface area (Å²) in [4.78, 5) is 27.6. The molecule has 8 heteroatoms. The predicted octanol–water partition coefficient (Wildman–Crippen LogP) is 0.657. The minimum absolute atomic E-state index is 0.00314. The summed E-state index contributed by atoms with van der Waals surface area (Å²) in [6.07, 6.45) is 9.13. The number of carbonyl (C=O) groups is 1. The Kier molecular flexibility index (Phi) is 3.72. The molecule has 2 bridgehead atoms. The molecule has 1 aliphatic carbocycles. The lowest BCUT2D eigenvalue weighted by molar-refractivity contribution is -0.134. The molecule has 26 heavy (non-hydrogen) atoms. The first-order valence-corrected chi connectivity index (χ1v) is 9.64. The summed E-state index contributed by atoms with van der Waals surface area (Å²) in [6, 6.07) is 2.15. The van der Waals surface area contributed by atoms with Crippen molar-refractivity contribution < 1.29 is 4.79 Å². The number of hydrogen-bond donors (Lipinski definition) is 0. The second kappa shape index (κ2) is 6.10. The fourth-order valence-corrected chi connectivity index (χ4v) is 4.43. The Labute approximate surface area is 151 Å². The maximum Gasteiger partial charge on any atom is 0.345 e. The zero-order chi connectivity index (χ0) is 17.7. The van der Waals surface area contributed by atoms with Crippen molar-refractivity contribution in [2.45, 2.75) is 70.2 Å². The van der Waals surface area contributed by atoms with Crippen LogP contribution >= 0.6 is 0 Å². The zero-order valence-electron chi connectivity index (χ0n) is 14.8. The quantitative estimate of drug-likeness (QED) is 0.788. The molecule has 2 atom stereocenters. The second-order valence-corrected chi connectivity index (χ2v) is 7.84. The Morgan fingerprint density at radius 2 is 2.04 bits per heavy atom. The highest BCUT2D eigenvalue weighted by Gasteiger charge is 2.41. The van der Waals surface area contributed by atoms with Crippen molar-refractivity contribution in [3.05, 3.63) is 34.8 Å². The fraction of sp³-hybridized carbons (Fsp3) is 0.667. The molecule has 3 aliphatic rings. The summed E-state index contributed by atoms with van der Waals surface area (Å²) in [6.45, 7) is 1.93. The molecule has 2 aromatic heterocycles.